The van der Waals surface area contributed by atoms with Gasteiger partial charge >= 0.3 is 103 Å². The third-order valence-corrected chi connectivity index (χ3v) is 0. The minimum atomic E-state index is 0. The molecule has 0 saturated carbocycles. The van der Waals surface area contributed by atoms with Crippen LogP contribution in [0.5, 0.6) is 0 Å². The van der Waals surface area contributed by atoms with Crippen LogP contribution in [0.3, 0.4) is 0 Å². The van der Waals surface area contributed by atoms with E-state index < -0.39 is 0 Å². The molecule has 40 valence electrons. The van der Waals surface area contributed by atoms with Gasteiger partial charge in [-0.05, 0) is 0 Å². The van der Waals surface area contributed by atoms with Gasteiger partial charge in [0.2, 0.25) is 0 Å². The molecule has 0 fully saturated rings. The second-order valence-electron chi connectivity index (χ2n) is 0. The van der Waals surface area contributed by atoms with Gasteiger partial charge in [0.05, 0.1) is 0 Å². The van der Waals surface area contributed by atoms with Crippen LogP contribution in [0.1, 0.15) is 0 Å². The van der Waals surface area contributed by atoms with Gasteiger partial charge in [-0.25, -0.2) is 0 Å². The van der Waals surface area contributed by atoms with E-state index in [0.29, 0.717) is 0 Å². The second-order valence-corrected chi connectivity index (χ2v) is 0. The van der Waals surface area contributed by atoms with Crippen molar-refractivity contribution in [3.8, 4) is 0 Å². The summed E-state index contributed by atoms with van der Waals surface area (Å²) in [5.74, 6) is 0. The molecular formula is LaO5SrTa. The molecule has 8 heavy (non-hydrogen) atoms. The maximum absolute atomic E-state index is 0. The van der Waals surface area contributed by atoms with Crippen molar-refractivity contribution in [3.63, 3.8) is 0 Å². The van der Waals surface area contributed by atoms with E-state index in [0.717, 1.165) is 0 Å². The fourth-order valence-electron chi connectivity index (χ4n) is 0. The van der Waals surface area contributed by atoms with Gasteiger partial charge in [-0.2, -0.15) is 0 Å². The molecule has 0 atom stereocenters. The molecule has 0 aliphatic carbocycles. The smallest absolute Gasteiger partial charge is 2.00 e. The van der Waals surface area contributed by atoms with Crippen molar-refractivity contribution in [3.05, 3.63) is 0 Å². The average molecular weight is 487 g/mol. The molecule has 0 radical (unpaired) electrons. The van der Waals surface area contributed by atoms with E-state index >= 15 is 0 Å². The van der Waals surface area contributed by atoms with Gasteiger partial charge in [0, 0.05) is 0 Å². The van der Waals surface area contributed by atoms with Crippen molar-refractivity contribution in [1.82, 2.24) is 0 Å². The molecule has 0 saturated heterocycles. The first-order valence-electron chi connectivity index (χ1n) is 0. The maximum Gasteiger partial charge on any atom is 5.00 e. The van der Waals surface area contributed by atoms with Crippen LogP contribution in [0.25, 0.3) is 0 Å². The molecule has 0 spiro atoms. The zero-order chi connectivity index (χ0) is 0. The minimum Gasteiger partial charge on any atom is -2.00 e. The fraction of sp³-hybridized carbons (Fsp3) is 0. The van der Waals surface area contributed by atoms with Gasteiger partial charge in [-0.3, -0.25) is 0 Å². The van der Waals surface area contributed by atoms with Crippen molar-refractivity contribution in [2.75, 3.05) is 0 Å². The Kier molecular flexibility index (Phi) is 1190. The summed E-state index contributed by atoms with van der Waals surface area (Å²) >= 11 is 0. The molecule has 0 aliphatic heterocycles. The van der Waals surface area contributed by atoms with Gasteiger partial charge in [0.15, 0.2) is 0 Å². The molecule has 0 aromatic rings. The zero-order valence-corrected chi connectivity index (χ0v) is 14.1. The van der Waals surface area contributed by atoms with E-state index in [1.807, 2.05) is 0 Å². The Labute approximate surface area is 128 Å². The SMILES string of the molecule is [La+3].[O-2].[O-2].[O-2].[O-2].[O-2].[Sr+2].[Ta+5]. The third kappa shape index (κ3) is 60.2. The predicted molar refractivity (Wildman–Crippen MR) is 9.19 cm³/mol. The molecule has 0 aromatic heterocycles. The molecule has 0 aromatic carbocycles. The summed E-state index contributed by atoms with van der Waals surface area (Å²) in [4.78, 5) is 0. The maximum atomic E-state index is 0. The van der Waals surface area contributed by atoms with Crippen molar-refractivity contribution in [2.24, 2.45) is 0 Å². The predicted octanol–water partition coefficient (Wildman–Crippen LogP) is -0.977. The average Bonchev–Trinajstić information content (AvgIpc) is 0. The van der Waals surface area contributed by atoms with Crippen LogP contribution < -0.4 is 0 Å². The summed E-state index contributed by atoms with van der Waals surface area (Å²) in [6.45, 7) is 0. The molecule has 5 nitrogen and oxygen atoms in total. The standard InChI is InChI=1S/La.5O.Sr.Ta/q+3;5*-2;+2;+5. The van der Waals surface area contributed by atoms with E-state index in [-0.39, 0.29) is 131 Å². The Bertz CT molecular complexity index is 12.4. The van der Waals surface area contributed by atoms with Crippen molar-refractivity contribution >= 4 is 45.5 Å². The topological polar surface area (TPSA) is 142 Å². The number of rotatable bonds is 0. The first-order valence-corrected chi connectivity index (χ1v) is 0. The molecule has 0 aliphatic rings. The molecule has 0 unspecified atom stereocenters. The Morgan fingerprint density at radius 1 is 0.500 bits per heavy atom. The molecule has 0 rings (SSSR count). The summed E-state index contributed by atoms with van der Waals surface area (Å²) in [6.07, 6.45) is 0. The van der Waals surface area contributed by atoms with E-state index in [2.05, 4.69) is 0 Å². The quantitative estimate of drug-likeness (QED) is 0.388. The van der Waals surface area contributed by atoms with Gasteiger partial charge < -0.3 is 27.4 Å². The first-order chi connectivity index (χ1) is 0. The van der Waals surface area contributed by atoms with Crippen LogP contribution in [0, 0.1) is 35.6 Å². The van der Waals surface area contributed by atoms with Crippen LogP contribution in [-0.2, 0) is 49.8 Å². The molecule has 0 amide bonds. The van der Waals surface area contributed by atoms with E-state index in [1.165, 1.54) is 0 Å². The second kappa shape index (κ2) is 83.9. The largest absolute Gasteiger partial charge is 5.00 e. The zero-order valence-electron chi connectivity index (χ0n) is 3.77. The third-order valence-electron chi connectivity index (χ3n) is 0. The summed E-state index contributed by atoms with van der Waals surface area (Å²) in [7, 11) is 0. The number of hydrogen-bond acceptors (Lipinski definition) is 0. The van der Waals surface area contributed by atoms with Crippen molar-refractivity contribution in [1.29, 1.82) is 0 Å². The normalized spacial score (nSPS) is 0. The fourth-order valence-corrected chi connectivity index (χ4v) is 0. The van der Waals surface area contributed by atoms with Gasteiger partial charge in [0.1, 0.15) is 0 Å². The number of hydrogen-bond donors (Lipinski definition) is 0. The Balaban J connectivity index is 0. The van der Waals surface area contributed by atoms with E-state index in [4.69, 9.17) is 0 Å². The summed E-state index contributed by atoms with van der Waals surface area (Å²) < 4.78 is 0. The summed E-state index contributed by atoms with van der Waals surface area (Å²) in [5.41, 5.74) is 0. The Morgan fingerprint density at radius 3 is 0.500 bits per heavy atom. The van der Waals surface area contributed by atoms with Gasteiger partial charge in [-0.15, -0.1) is 0 Å². The monoisotopic (exact) mass is 488 g/mol. The Hall–Kier alpha value is 3.22. The van der Waals surface area contributed by atoms with Crippen LogP contribution >= 0.6 is 0 Å². The molecule has 0 heterocycles. The van der Waals surface area contributed by atoms with Crippen LogP contribution in [-0.4, -0.2) is 45.5 Å². The van der Waals surface area contributed by atoms with Crippen molar-refractivity contribution in [2.45, 2.75) is 0 Å². The van der Waals surface area contributed by atoms with Crippen LogP contribution in [0.2, 0.25) is 0 Å². The van der Waals surface area contributed by atoms with E-state index in [9.17, 15) is 0 Å². The van der Waals surface area contributed by atoms with Crippen molar-refractivity contribution < 1.29 is 85.4 Å². The minimum absolute atomic E-state index is 0. The van der Waals surface area contributed by atoms with E-state index in [1.54, 1.807) is 0 Å². The van der Waals surface area contributed by atoms with Crippen LogP contribution in [0.4, 0.5) is 0 Å². The van der Waals surface area contributed by atoms with Crippen LogP contribution in [0.15, 0.2) is 0 Å². The summed E-state index contributed by atoms with van der Waals surface area (Å²) in [6, 6.07) is 0. The molecule has 8 heteroatoms. The first kappa shape index (κ1) is 113. The molecule has 0 bridgehead atoms. The Morgan fingerprint density at radius 2 is 0.500 bits per heavy atom. The van der Waals surface area contributed by atoms with Gasteiger partial charge in [0.25, 0.3) is 0 Å². The summed E-state index contributed by atoms with van der Waals surface area (Å²) in [5, 5.41) is 0. The van der Waals surface area contributed by atoms with Gasteiger partial charge in [-0.1, -0.05) is 0 Å². The molecular weight excluding hydrogens is 487 g/mol. The molecule has 0 N–H and O–H groups in total.